The number of hydrogen-bond acceptors (Lipinski definition) is 2. The van der Waals surface area contributed by atoms with Crippen LogP contribution in [0.15, 0.2) is 22.7 Å². The number of fused-ring (bicyclic) bond motifs is 1. The van der Waals surface area contributed by atoms with Crippen molar-refractivity contribution in [1.29, 1.82) is 0 Å². The Morgan fingerprint density at radius 3 is 2.89 bits per heavy atom. The summed E-state index contributed by atoms with van der Waals surface area (Å²) in [5.74, 6) is -0.187. The third-order valence-corrected chi connectivity index (χ3v) is 5.03. The molecule has 104 valence electrons. The molecule has 2 atom stereocenters. The monoisotopic (exact) mass is 326 g/mol. The van der Waals surface area contributed by atoms with Crippen molar-refractivity contribution in [3.8, 4) is 0 Å². The fraction of sp³-hybridized carbons (Fsp3) is 0.600. The lowest BCUT2D eigenvalue weighted by Crippen LogP contribution is -2.58. The van der Waals surface area contributed by atoms with Gasteiger partial charge in [-0.1, -0.05) is 6.42 Å². The molecule has 2 nitrogen and oxygen atoms in total. The summed E-state index contributed by atoms with van der Waals surface area (Å²) in [6.07, 6.45) is 3.98. The minimum Gasteiger partial charge on any atom is -0.366 e. The summed E-state index contributed by atoms with van der Waals surface area (Å²) >= 11 is 3.29. The molecule has 0 amide bonds. The smallest absolute Gasteiger partial charge is 0.137 e. The molecule has 4 heteroatoms. The summed E-state index contributed by atoms with van der Waals surface area (Å²) in [4.78, 5) is 5.06. The standard InChI is InChI=1S/C15H20BrFN2/c1-11-9-18-7-3-2-4-13(18)10-19(11)12-5-6-15(17)14(16)8-12/h5-6,8,11,13H,2-4,7,9-10H2,1H3. The number of anilines is 1. The third-order valence-electron chi connectivity index (χ3n) is 4.42. The predicted molar refractivity (Wildman–Crippen MR) is 80.1 cm³/mol. The SMILES string of the molecule is CC1CN2CCCCC2CN1c1ccc(F)c(Br)c1. The lowest BCUT2D eigenvalue weighted by molar-refractivity contribution is 0.115. The van der Waals surface area contributed by atoms with Crippen molar-refractivity contribution in [2.75, 3.05) is 24.5 Å². The van der Waals surface area contributed by atoms with Crippen molar-refractivity contribution < 1.29 is 4.39 Å². The Balaban J connectivity index is 1.81. The van der Waals surface area contributed by atoms with Crippen molar-refractivity contribution in [3.63, 3.8) is 0 Å². The molecule has 2 unspecified atom stereocenters. The fourth-order valence-corrected chi connectivity index (χ4v) is 3.74. The zero-order chi connectivity index (χ0) is 13.4. The Labute approximate surface area is 122 Å². The van der Waals surface area contributed by atoms with Gasteiger partial charge in [0.25, 0.3) is 0 Å². The normalized spacial score (nSPS) is 28.3. The third kappa shape index (κ3) is 2.65. The van der Waals surface area contributed by atoms with Gasteiger partial charge in [-0.25, -0.2) is 4.39 Å². The van der Waals surface area contributed by atoms with E-state index in [0.717, 1.165) is 18.8 Å². The molecule has 3 rings (SSSR count). The molecule has 0 radical (unpaired) electrons. The molecule has 2 heterocycles. The van der Waals surface area contributed by atoms with E-state index < -0.39 is 0 Å². The second-order valence-electron chi connectivity index (χ2n) is 5.74. The summed E-state index contributed by atoms with van der Waals surface area (Å²) in [6, 6.07) is 6.53. The molecule has 2 aliphatic rings. The molecule has 0 saturated carbocycles. The van der Waals surface area contributed by atoms with Gasteiger partial charge in [-0.3, -0.25) is 4.90 Å². The van der Waals surface area contributed by atoms with Gasteiger partial charge < -0.3 is 4.90 Å². The molecular weight excluding hydrogens is 307 g/mol. The van der Waals surface area contributed by atoms with Gasteiger partial charge in [-0.15, -0.1) is 0 Å². The number of nitrogens with zero attached hydrogens (tertiary/aromatic N) is 2. The van der Waals surface area contributed by atoms with E-state index in [-0.39, 0.29) is 5.82 Å². The lowest BCUT2D eigenvalue weighted by atomic mass is 9.96. The average Bonchev–Trinajstić information content (AvgIpc) is 2.41. The van der Waals surface area contributed by atoms with Crippen LogP contribution in [0.1, 0.15) is 26.2 Å². The maximum Gasteiger partial charge on any atom is 0.137 e. The van der Waals surface area contributed by atoms with Crippen molar-refractivity contribution in [2.24, 2.45) is 0 Å². The maximum atomic E-state index is 13.4. The summed E-state index contributed by atoms with van der Waals surface area (Å²) in [5, 5.41) is 0. The summed E-state index contributed by atoms with van der Waals surface area (Å²) < 4.78 is 13.9. The number of benzene rings is 1. The summed E-state index contributed by atoms with van der Waals surface area (Å²) in [5.41, 5.74) is 1.13. The lowest BCUT2D eigenvalue weighted by Gasteiger charge is -2.48. The van der Waals surface area contributed by atoms with Crippen LogP contribution >= 0.6 is 15.9 Å². The molecule has 2 saturated heterocycles. The van der Waals surface area contributed by atoms with E-state index in [2.05, 4.69) is 32.7 Å². The van der Waals surface area contributed by atoms with E-state index in [1.807, 2.05) is 12.1 Å². The quantitative estimate of drug-likeness (QED) is 0.777. The Kier molecular flexibility index (Phi) is 3.81. The van der Waals surface area contributed by atoms with Crippen LogP contribution in [0.25, 0.3) is 0 Å². The summed E-state index contributed by atoms with van der Waals surface area (Å²) in [7, 11) is 0. The second-order valence-corrected chi connectivity index (χ2v) is 6.60. The van der Waals surface area contributed by atoms with Crippen molar-refractivity contribution in [2.45, 2.75) is 38.3 Å². The molecular formula is C15H20BrFN2. The highest BCUT2D eigenvalue weighted by molar-refractivity contribution is 9.10. The Bertz CT molecular complexity index is 465. The zero-order valence-corrected chi connectivity index (χ0v) is 12.9. The molecule has 0 bridgehead atoms. The molecule has 2 aliphatic heterocycles. The Morgan fingerprint density at radius 1 is 1.26 bits per heavy atom. The number of halogens is 2. The van der Waals surface area contributed by atoms with Gasteiger partial charge in [0.1, 0.15) is 5.82 Å². The molecule has 0 spiro atoms. The van der Waals surface area contributed by atoms with Gasteiger partial charge in [-0.05, 0) is 60.4 Å². The molecule has 0 aliphatic carbocycles. The first-order chi connectivity index (χ1) is 9.15. The number of piperidine rings is 1. The number of piperazine rings is 1. The van der Waals surface area contributed by atoms with Crippen LogP contribution in [0, 0.1) is 5.82 Å². The van der Waals surface area contributed by atoms with Crippen LogP contribution in [0.4, 0.5) is 10.1 Å². The van der Waals surface area contributed by atoms with Gasteiger partial charge >= 0.3 is 0 Å². The predicted octanol–water partition coefficient (Wildman–Crippen LogP) is 3.65. The Morgan fingerprint density at radius 2 is 2.11 bits per heavy atom. The summed E-state index contributed by atoms with van der Waals surface area (Å²) in [6.45, 7) is 5.71. The fourth-order valence-electron chi connectivity index (χ4n) is 3.38. The van der Waals surface area contributed by atoms with Crippen LogP contribution in [-0.2, 0) is 0 Å². The largest absolute Gasteiger partial charge is 0.366 e. The van der Waals surface area contributed by atoms with Crippen LogP contribution in [-0.4, -0.2) is 36.6 Å². The van der Waals surface area contributed by atoms with Crippen LogP contribution in [0.2, 0.25) is 0 Å². The van der Waals surface area contributed by atoms with E-state index in [4.69, 9.17) is 0 Å². The van der Waals surface area contributed by atoms with Gasteiger partial charge in [0.2, 0.25) is 0 Å². The topological polar surface area (TPSA) is 6.48 Å². The van der Waals surface area contributed by atoms with Crippen molar-refractivity contribution in [3.05, 3.63) is 28.5 Å². The minimum atomic E-state index is -0.187. The molecule has 0 aromatic heterocycles. The average molecular weight is 327 g/mol. The van der Waals surface area contributed by atoms with Gasteiger partial charge in [0.15, 0.2) is 0 Å². The Hall–Kier alpha value is -0.610. The highest BCUT2D eigenvalue weighted by Gasteiger charge is 2.33. The molecule has 1 aromatic rings. The van der Waals surface area contributed by atoms with Crippen molar-refractivity contribution >= 4 is 21.6 Å². The second kappa shape index (κ2) is 5.41. The van der Waals surface area contributed by atoms with Gasteiger partial charge in [0, 0.05) is 30.9 Å². The molecule has 2 fully saturated rings. The van der Waals surface area contributed by atoms with E-state index in [1.54, 1.807) is 6.07 Å². The van der Waals surface area contributed by atoms with E-state index >= 15 is 0 Å². The van der Waals surface area contributed by atoms with Crippen LogP contribution < -0.4 is 4.90 Å². The zero-order valence-electron chi connectivity index (χ0n) is 11.3. The van der Waals surface area contributed by atoms with Crippen molar-refractivity contribution in [1.82, 2.24) is 4.90 Å². The first-order valence-corrected chi connectivity index (χ1v) is 7.90. The van der Waals surface area contributed by atoms with Crippen LogP contribution in [0.3, 0.4) is 0 Å². The highest BCUT2D eigenvalue weighted by atomic mass is 79.9. The molecule has 19 heavy (non-hydrogen) atoms. The minimum absolute atomic E-state index is 0.187. The van der Waals surface area contributed by atoms with E-state index in [0.29, 0.717) is 16.6 Å². The first kappa shape index (κ1) is 13.4. The van der Waals surface area contributed by atoms with Crippen LogP contribution in [0.5, 0.6) is 0 Å². The van der Waals surface area contributed by atoms with Gasteiger partial charge in [-0.2, -0.15) is 0 Å². The number of hydrogen-bond donors (Lipinski definition) is 0. The van der Waals surface area contributed by atoms with E-state index in [1.165, 1.54) is 25.8 Å². The van der Waals surface area contributed by atoms with E-state index in [9.17, 15) is 4.39 Å². The maximum absolute atomic E-state index is 13.4. The highest BCUT2D eigenvalue weighted by Crippen LogP contribution is 2.30. The number of rotatable bonds is 1. The molecule has 1 aromatic carbocycles. The first-order valence-electron chi connectivity index (χ1n) is 7.11. The van der Waals surface area contributed by atoms with Gasteiger partial charge in [0.05, 0.1) is 4.47 Å². The molecule has 0 N–H and O–H groups in total.